The van der Waals surface area contributed by atoms with E-state index in [9.17, 15) is 4.39 Å². The maximum absolute atomic E-state index is 13.9. The predicted octanol–water partition coefficient (Wildman–Crippen LogP) is 3.05. The molecule has 1 saturated heterocycles. The Morgan fingerprint density at radius 3 is 2.79 bits per heavy atom. The van der Waals surface area contributed by atoms with Gasteiger partial charge in [-0.05, 0) is 38.1 Å². The molecule has 1 aliphatic heterocycles. The van der Waals surface area contributed by atoms with E-state index in [1.54, 1.807) is 30.5 Å². The van der Waals surface area contributed by atoms with Gasteiger partial charge in [0.15, 0.2) is 23.0 Å². The van der Waals surface area contributed by atoms with Crippen molar-refractivity contribution < 1.29 is 9.13 Å². The summed E-state index contributed by atoms with van der Waals surface area (Å²) in [5.74, 6) is 0.990. The summed E-state index contributed by atoms with van der Waals surface area (Å²) in [6.07, 6.45) is 3.67. The van der Waals surface area contributed by atoms with Gasteiger partial charge in [-0.3, -0.25) is 5.10 Å². The van der Waals surface area contributed by atoms with Crippen LogP contribution in [-0.4, -0.2) is 34.3 Å². The minimum atomic E-state index is -0.404. The molecule has 24 heavy (non-hydrogen) atoms. The second-order valence-electron chi connectivity index (χ2n) is 5.81. The molecule has 4 rings (SSSR count). The third-order valence-electron chi connectivity index (χ3n) is 4.16. The minimum absolute atomic E-state index is 0.180. The van der Waals surface area contributed by atoms with Crippen LogP contribution in [0.2, 0.25) is 0 Å². The van der Waals surface area contributed by atoms with Gasteiger partial charge >= 0.3 is 0 Å². The number of fused-ring (bicyclic) bond motifs is 1. The molecular formula is C17H18FN5O. The highest BCUT2D eigenvalue weighted by molar-refractivity contribution is 5.93. The summed E-state index contributed by atoms with van der Waals surface area (Å²) in [5.41, 5.74) is 0.611. The fourth-order valence-electron chi connectivity index (χ4n) is 2.92. The molecule has 1 aromatic carbocycles. The van der Waals surface area contributed by atoms with Crippen molar-refractivity contribution >= 4 is 16.9 Å². The van der Waals surface area contributed by atoms with Gasteiger partial charge in [0.2, 0.25) is 0 Å². The quantitative estimate of drug-likeness (QED) is 0.687. The molecule has 3 aromatic rings. The minimum Gasteiger partial charge on any atom is -0.453 e. The number of aromatic nitrogens is 3. The third-order valence-corrected chi connectivity index (χ3v) is 4.16. The molecular weight excluding hydrogens is 309 g/mol. The molecule has 0 spiro atoms. The summed E-state index contributed by atoms with van der Waals surface area (Å²) in [6, 6.07) is 8.41. The highest BCUT2D eigenvalue weighted by atomic mass is 19.1. The molecule has 0 unspecified atom stereocenters. The van der Waals surface area contributed by atoms with Gasteiger partial charge in [0.1, 0.15) is 11.1 Å². The van der Waals surface area contributed by atoms with Crippen LogP contribution in [0.4, 0.5) is 10.2 Å². The van der Waals surface area contributed by atoms with Gasteiger partial charge in [0, 0.05) is 18.3 Å². The summed E-state index contributed by atoms with van der Waals surface area (Å²) >= 11 is 0. The molecule has 0 saturated carbocycles. The average molecular weight is 327 g/mol. The van der Waals surface area contributed by atoms with Gasteiger partial charge in [0.25, 0.3) is 0 Å². The zero-order chi connectivity index (χ0) is 16.4. The van der Waals surface area contributed by atoms with Gasteiger partial charge in [-0.1, -0.05) is 12.1 Å². The fourth-order valence-corrected chi connectivity index (χ4v) is 2.92. The second-order valence-corrected chi connectivity index (χ2v) is 5.81. The van der Waals surface area contributed by atoms with Crippen molar-refractivity contribution in [1.29, 1.82) is 0 Å². The van der Waals surface area contributed by atoms with Crippen LogP contribution in [0.5, 0.6) is 11.5 Å². The molecule has 0 radical (unpaired) electrons. The van der Waals surface area contributed by atoms with Gasteiger partial charge in [-0.2, -0.15) is 5.10 Å². The van der Waals surface area contributed by atoms with Crippen LogP contribution in [0.25, 0.3) is 11.0 Å². The Balaban J connectivity index is 1.67. The molecule has 0 aliphatic carbocycles. The van der Waals surface area contributed by atoms with E-state index in [-0.39, 0.29) is 5.75 Å². The Bertz CT molecular complexity index is 844. The summed E-state index contributed by atoms with van der Waals surface area (Å²) in [4.78, 5) is 4.28. The number of H-pyrrole nitrogens is 1. The number of pyridine rings is 1. The Hall–Kier alpha value is -2.67. The van der Waals surface area contributed by atoms with Crippen LogP contribution < -0.4 is 15.4 Å². The maximum Gasteiger partial charge on any atom is 0.165 e. The van der Waals surface area contributed by atoms with Crippen LogP contribution >= 0.6 is 0 Å². The van der Waals surface area contributed by atoms with Crippen molar-refractivity contribution in [1.82, 2.24) is 20.5 Å². The number of nitrogens with zero attached hydrogens (tertiary/aromatic N) is 2. The topological polar surface area (TPSA) is 74.9 Å². The maximum atomic E-state index is 13.9. The molecule has 6 nitrogen and oxygen atoms in total. The van der Waals surface area contributed by atoms with Crippen molar-refractivity contribution in [2.75, 3.05) is 18.4 Å². The van der Waals surface area contributed by atoms with E-state index in [1.807, 2.05) is 0 Å². The summed E-state index contributed by atoms with van der Waals surface area (Å²) in [6.45, 7) is 1.97. The van der Waals surface area contributed by atoms with E-state index in [0.717, 1.165) is 31.3 Å². The first kappa shape index (κ1) is 14.9. The number of hydrogen-bond acceptors (Lipinski definition) is 5. The number of para-hydroxylation sites is 1. The van der Waals surface area contributed by atoms with E-state index in [1.165, 1.54) is 6.07 Å². The number of anilines is 1. The summed E-state index contributed by atoms with van der Waals surface area (Å²) in [5, 5.41) is 14.7. The van der Waals surface area contributed by atoms with Crippen LogP contribution in [0.1, 0.15) is 12.8 Å². The number of halogens is 1. The van der Waals surface area contributed by atoms with Gasteiger partial charge < -0.3 is 15.4 Å². The van der Waals surface area contributed by atoms with E-state index in [0.29, 0.717) is 23.3 Å². The SMILES string of the molecule is Fc1ccccc1Oc1ccnc2[nH]nc(NC3CCNCC3)c12. The number of piperidine rings is 1. The smallest absolute Gasteiger partial charge is 0.165 e. The Morgan fingerprint density at radius 1 is 1.12 bits per heavy atom. The first-order valence-corrected chi connectivity index (χ1v) is 8.04. The number of hydrogen-bond donors (Lipinski definition) is 3. The lowest BCUT2D eigenvalue weighted by atomic mass is 10.1. The Morgan fingerprint density at radius 2 is 1.96 bits per heavy atom. The van der Waals surface area contributed by atoms with Crippen molar-refractivity contribution in [2.24, 2.45) is 0 Å². The van der Waals surface area contributed by atoms with E-state index < -0.39 is 5.82 Å². The van der Waals surface area contributed by atoms with Crippen LogP contribution in [-0.2, 0) is 0 Å². The van der Waals surface area contributed by atoms with Crippen LogP contribution in [0.3, 0.4) is 0 Å². The Labute approximate surface area is 138 Å². The molecule has 3 N–H and O–H groups in total. The van der Waals surface area contributed by atoms with E-state index in [2.05, 4.69) is 25.8 Å². The standard InChI is InChI=1S/C17H18FN5O/c18-12-3-1-2-4-13(12)24-14-7-10-20-16-15(14)17(23-22-16)21-11-5-8-19-9-6-11/h1-4,7,10-11,19H,5-6,8-9H2,(H2,20,21,22,23). The molecule has 1 aliphatic rings. The van der Waals surface area contributed by atoms with Gasteiger partial charge in [-0.15, -0.1) is 0 Å². The normalized spacial score (nSPS) is 15.5. The molecule has 0 atom stereocenters. The van der Waals surface area contributed by atoms with E-state index in [4.69, 9.17) is 4.74 Å². The zero-order valence-electron chi connectivity index (χ0n) is 13.1. The number of ether oxygens (including phenoxy) is 1. The summed E-state index contributed by atoms with van der Waals surface area (Å²) in [7, 11) is 0. The largest absolute Gasteiger partial charge is 0.453 e. The van der Waals surface area contributed by atoms with Crippen molar-refractivity contribution in [3.63, 3.8) is 0 Å². The molecule has 3 heterocycles. The number of nitrogens with one attached hydrogen (secondary N) is 3. The highest BCUT2D eigenvalue weighted by Crippen LogP contribution is 2.34. The molecule has 0 bridgehead atoms. The highest BCUT2D eigenvalue weighted by Gasteiger charge is 2.19. The molecule has 7 heteroatoms. The molecule has 0 amide bonds. The number of aromatic amines is 1. The lowest BCUT2D eigenvalue weighted by Gasteiger charge is -2.23. The lowest BCUT2D eigenvalue weighted by Crippen LogP contribution is -2.35. The molecule has 124 valence electrons. The average Bonchev–Trinajstić information content (AvgIpc) is 3.02. The van der Waals surface area contributed by atoms with Crippen molar-refractivity contribution in [2.45, 2.75) is 18.9 Å². The van der Waals surface area contributed by atoms with Crippen LogP contribution in [0.15, 0.2) is 36.5 Å². The van der Waals surface area contributed by atoms with Crippen molar-refractivity contribution in [3.05, 3.63) is 42.3 Å². The van der Waals surface area contributed by atoms with Crippen LogP contribution in [0, 0.1) is 5.82 Å². The van der Waals surface area contributed by atoms with E-state index >= 15 is 0 Å². The second kappa shape index (κ2) is 6.45. The first-order valence-electron chi connectivity index (χ1n) is 8.04. The van der Waals surface area contributed by atoms with Gasteiger partial charge in [-0.25, -0.2) is 9.37 Å². The Kier molecular flexibility index (Phi) is 4.00. The fraction of sp³-hybridized carbons (Fsp3) is 0.294. The van der Waals surface area contributed by atoms with Gasteiger partial charge in [0.05, 0.1) is 0 Å². The lowest BCUT2D eigenvalue weighted by molar-refractivity contribution is 0.446. The molecule has 1 fully saturated rings. The number of benzene rings is 1. The monoisotopic (exact) mass is 327 g/mol. The summed E-state index contributed by atoms with van der Waals surface area (Å²) < 4.78 is 19.7. The third kappa shape index (κ3) is 2.90. The number of rotatable bonds is 4. The van der Waals surface area contributed by atoms with Crippen molar-refractivity contribution in [3.8, 4) is 11.5 Å². The first-order chi connectivity index (χ1) is 11.8. The zero-order valence-corrected chi connectivity index (χ0v) is 13.1. The molecule has 2 aromatic heterocycles. The predicted molar refractivity (Wildman–Crippen MR) is 89.9 cm³/mol.